The van der Waals surface area contributed by atoms with Crippen molar-refractivity contribution in [3.63, 3.8) is 0 Å². The quantitative estimate of drug-likeness (QED) is 0.169. The van der Waals surface area contributed by atoms with E-state index in [2.05, 4.69) is 216 Å². The molecule has 0 spiro atoms. The second-order valence-electron chi connectivity index (χ2n) is 15.3. The number of para-hydroxylation sites is 2. The average Bonchev–Trinajstić information content (AvgIpc) is 3.84. The minimum atomic E-state index is 0.886. The SMILES string of the molecule is c1cc(-c2ccccc2-c2ccc3c4ccccc4n(-c4ccc5c(c4)oc4ccccc45)c3c2)cc(N(c2ccc3ccccc3c2)c2cccc3ccccc23)c1. The normalized spacial score (nSPS) is 11.7. The first kappa shape index (κ1) is 33.3. The summed E-state index contributed by atoms with van der Waals surface area (Å²) < 4.78 is 8.76. The molecule has 0 radical (unpaired) electrons. The molecule has 12 rings (SSSR count). The summed E-state index contributed by atoms with van der Waals surface area (Å²) >= 11 is 0. The molecule has 0 atom stereocenters. The predicted octanol–water partition coefficient (Wildman–Crippen LogP) is 15.8. The van der Waals surface area contributed by atoms with Gasteiger partial charge in [0.1, 0.15) is 11.2 Å². The summed E-state index contributed by atoms with van der Waals surface area (Å²) in [5.41, 5.74) is 13.2. The third-order valence-corrected chi connectivity index (χ3v) is 11.9. The number of fused-ring (bicyclic) bond motifs is 8. The van der Waals surface area contributed by atoms with Crippen molar-refractivity contribution in [2.45, 2.75) is 0 Å². The standard InChI is InChI=1S/C56H36N2O/c1-2-15-39-33-43(29-27-37(39)13-1)57(52-25-12-16-38-14-3-4-21-47(38)52)42-18-11-17-40(34-42)45-19-5-6-20-46(45)41-28-31-49-48-22-7-9-24-53(48)58(54(49)35-41)44-30-32-51-50-23-8-10-26-55(50)59-56(51)36-44/h1-36H. The van der Waals surface area contributed by atoms with Crippen molar-refractivity contribution in [1.29, 1.82) is 0 Å². The molecule has 0 aliphatic rings. The molecule has 0 unspecified atom stereocenters. The summed E-state index contributed by atoms with van der Waals surface area (Å²) in [6, 6.07) is 78.9. The fourth-order valence-electron chi connectivity index (χ4n) is 9.22. The molecule has 0 amide bonds. The van der Waals surface area contributed by atoms with E-state index >= 15 is 0 Å². The Morgan fingerprint density at radius 2 is 0.966 bits per heavy atom. The molecule has 3 heteroatoms. The summed E-state index contributed by atoms with van der Waals surface area (Å²) in [5.74, 6) is 0. The summed E-state index contributed by atoms with van der Waals surface area (Å²) in [5, 5.41) is 9.56. The van der Waals surface area contributed by atoms with E-state index < -0.39 is 0 Å². The second-order valence-corrected chi connectivity index (χ2v) is 15.3. The van der Waals surface area contributed by atoms with Gasteiger partial charge >= 0.3 is 0 Å². The van der Waals surface area contributed by atoms with Gasteiger partial charge in [0.15, 0.2) is 0 Å². The maximum Gasteiger partial charge on any atom is 0.137 e. The van der Waals surface area contributed by atoms with Crippen LogP contribution in [0.5, 0.6) is 0 Å². The lowest BCUT2D eigenvalue weighted by atomic mass is 9.93. The van der Waals surface area contributed by atoms with Gasteiger partial charge in [0.2, 0.25) is 0 Å². The number of hydrogen-bond acceptors (Lipinski definition) is 2. The van der Waals surface area contributed by atoms with E-state index in [-0.39, 0.29) is 0 Å². The highest BCUT2D eigenvalue weighted by Gasteiger charge is 2.19. The molecular formula is C56H36N2O. The molecule has 0 aliphatic heterocycles. The van der Waals surface area contributed by atoms with Gasteiger partial charge in [0.05, 0.1) is 16.7 Å². The van der Waals surface area contributed by atoms with Crippen molar-refractivity contribution >= 4 is 82.4 Å². The number of benzene rings is 10. The van der Waals surface area contributed by atoms with Crippen LogP contribution in [0.15, 0.2) is 223 Å². The number of rotatable bonds is 6. The highest BCUT2D eigenvalue weighted by molar-refractivity contribution is 6.11. The van der Waals surface area contributed by atoms with Crippen LogP contribution in [0.1, 0.15) is 0 Å². The summed E-state index contributed by atoms with van der Waals surface area (Å²) in [7, 11) is 0. The van der Waals surface area contributed by atoms with Crippen molar-refractivity contribution in [2.24, 2.45) is 0 Å². The van der Waals surface area contributed by atoms with Crippen molar-refractivity contribution in [3.05, 3.63) is 218 Å². The zero-order chi connectivity index (χ0) is 38.9. The topological polar surface area (TPSA) is 21.3 Å². The molecular weight excluding hydrogens is 717 g/mol. The van der Waals surface area contributed by atoms with Crippen LogP contribution in [0.2, 0.25) is 0 Å². The van der Waals surface area contributed by atoms with Gasteiger partial charge in [-0.3, -0.25) is 0 Å². The Balaban J connectivity index is 1.02. The lowest BCUT2D eigenvalue weighted by Gasteiger charge is -2.28. The molecule has 276 valence electrons. The number of nitrogens with zero attached hydrogens (tertiary/aromatic N) is 2. The van der Waals surface area contributed by atoms with Crippen LogP contribution < -0.4 is 4.90 Å². The van der Waals surface area contributed by atoms with Gasteiger partial charge in [0, 0.05) is 50.1 Å². The van der Waals surface area contributed by atoms with Gasteiger partial charge in [-0.05, 0) is 99.1 Å². The zero-order valence-electron chi connectivity index (χ0n) is 32.1. The molecule has 0 saturated carbocycles. The molecule has 0 saturated heterocycles. The molecule has 10 aromatic carbocycles. The highest BCUT2D eigenvalue weighted by Crippen LogP contribution is 2.43. The van der Waals surface area contributed by atoms with Gasteiger partial charge in [0.25, 0.3) is 0 Å². The number of hydrogen-bond donors (Lipinski definition) is 0. The fourth-order valence-corrected chi connectivity index (χ4v) is 9.22. The third-order valence-electron chi connectivity index (χ3n) is 11.9. The lowest BCUT2D eigenvalue weighted by molar-refractivity contribution is 0.668. The van der Waals surface area contributed by atoms with Crippen LogP contribution in [0, 0.1) is 0 Å². The van der Waals surface area contributed by atoms with Crippen LogP contribution in [0.25, 0.3) is 93.2 Å². The van der Waals surface area contributed by atoms with E-state index in [0.29, 0.717) is 0 Å². The van der Waals surface area contributed by atoms with Gasteiger partial charge in [-0.25, -0.2) is 0 Å². The lowest BCUT2D eigenvalue weighted by Crippen LogP contribution is -2.10. The first-order chi connectivity index (χ1) is 29.2. The number of aromatic nitrogens is 1. The Labute approximate surface area is 341 Å². The fraction of sp³-hybridized carbons (Fsp3) is 0. The van der Waals surface area contributed by atoms with E-state index in [9.17, 15) is 0 Å². The van der Waals surface area contributed by atoms with Gasteiger partial charge in [-0.1, -0.05) is 152 Å². The molecule has 0 aliphatic carbocycles. The van der Waals surface area contributed by atoms with Gasteiger partial charge < -0.3 is 13.9 Å². The number of furan rings is 1. The zero-order valence-corrected chi connectivity index (χ0v) is 32.1. The Morgan fingerprint density at radius 1 is 0.339 bits per heavy atom. The minimum Gasteiger partial charge on any atom is -0.456 e. The first-order valence-corrected chi connectivity index (χ1v) is 20.2. The molecule has 0 bridgehead atoms. The number of anilines is 3. The summed E-state index contributed by atoms with van der Waals surface area (Å²) in [6.45, 7) is 0. The second kappa shape index (κ2) is 13.4. The minimum absolute atomic E-state index is 0.886. The summed E-state index contributed by atoms with van der Waals surface area (Å²) in [6.07, 6.45) is 0. The monoisotopic (exact) mass is 752 g/mol. The van der Waals surface area contributed by atoms with Crippen LogP contribution in [0.4, 0.5) is 17.1 Å². The van der Waals surface area contributed by atoms with E-state index in [1.54, 1.807) is 0 Å². The van der Waals surface area contributed by atoms with E-state index in [1.807, 2.05) is 12.1 Å². The maximum atomic E-state index is 6.38. The van der Waals surface area contributed by atoms with E-state index in [1.165, 1.54) is 49.0 Å². The molecule has 0 N–H and O–H groups in total. The molecule has 2 aromatic heterocycles. The smallest absolute Gasteiger partial charge is 0.137 e. The molecule has 2 heterocycles. The molecule has 59 heavy (non-hydrogen) atoms. The summed E-state index contributed by atoms with van der Waals surface area (Å²) in [4.78, 5) is 2.41. The van der Waals surface area contributed by atoms with Crippen LogP contribution in [-0.4, -0.2) is 4.57 Å². The van der Waals surface area contributed by atoms with E-state index in [0.717, 1.165) is 61.3 Å². The average molecular weight is 753 g/mol. The van der Waals surface area contributed by atoms with E-state index in [4.69, 9.17) is 4.42 Å². The Kier molecular flexibility index (Phi) is 7.54. The van der Waals surface area contributed by atoms with Crippen molar-refractivity contribution in [2.75, 3.05) is 4.90 Å². The molecule has 12 aromatic rings. The van der Waals surface area contributed by atoms with Crippen molar-refractivity contribution < 1.29 is 4.42 Å². The van der Waals surface area contributed by atoms with Crippen LogP contribution in [0.3, 0.4) is 0 Å². The van der Waals surface area contributed by atoms with Gasteiger partial charge in [-0.2, -0.15) is 0 Å². The van der Waals surface area contributed by atoms with Gasteiger partial charge in [-0.15, -0.1) is 0 Å². The Bertz CT molecular complexity index is 3580. The van der Waals surface area contributed by atoms with Crippen molar-refractivity contribution in [1.82, 2.24) is 4.57 Å². The Morgan fingerprint density at radius 3 is 1.85 bits per heavy atom. The molecule has 0 fully saturated rings. The molecule has 3 nitrogen and oxygen atoms in total. The highest BCUT2D eigenvalue weighted by atomic mass is 16.3. The first-order valence-electron chi connectivity index (χ1n) is 20.2. The maximum absolute atomic E-state index is 6.38. The third kappa shape index (κ3) is 5.44. The Hall–Kier alpha value is -7.88. The van der Waals surface area contributed by atoms with Crippen LogP contribution >= 0.6 is 0 Å². The predicted molar refractivity (Wildman–Crippen MR) is 249 cm³/mol. The largest absolute Gasteiger partial charge is 0.456 e. The van der Waals surface area contributed by atoms with Crippen LogP contribution in [-0.2, 0) is 0 Å². The van der Waals surface area contributed by atoms with Crippen molar-refractivity contribution in [3.8, 4) is 27.9 Å².